The van der Waals surface area contributed by atoms with Gasteiger partial charge in [-0.1, -0.05) is 12.1 Å². The van der Waals surface area contributed by atoms with Crippen LogP contribution in [0, 0.1) is 11.3 Å². The molecule has 0 aliphatic rings. The van der Waals surface area contributed by atoms with E-state index in [1.54, 1.807) is 24.3 Å². The van der Waals surface area contributed by atoms with Crippen LogP contribution in [0.4, 0.5) is 11.4 Å². The highest BCUT2D eigenvalue weighted by atomic mass is 32.2. The van der Waals surface area contributed by atoms with Crippen molar-refractivity contribution >= 4 is 27.3 Å². The predicted molar refractivity (Wildman–Crippen MR) is 104 cm³/mol. The lowest BCUT2D eigenvalue weighted by molar-refractivity contribution is -0.114. The van der Waals surface area contributed by atoms with Gasteiger partial charge in [0.1, 0.15) is 12.3 Å². The molecule has 0 aromatic heterocycles. The summed E-state index contributed by atoms with van der Waals surface area (Å²) in [4.78, 5) is 12.5. The Bertz CT molecular complexity index is 948. The van der Waals surface area contributed by atoms with Gasteiger partial charge in [-0.3, -0.25) is 9.10 Å². The van der Waals surface area contributed by atoms with Gasteiger partial charge in [0, 0.05) is 0 Å². The summed E-state index contributed by atoms with van der Waals surface area (Å²) in [6, 6.07) is 14.9. The van der Waals surface area contributed by atoms with Crippen molar-refractivity contribution in [3.8, 4) is 11.8 Å². The number of carbonyl (C=O) groups excluding carboxylic acids is 1. The van der Waals surface area contributed by atoms with E-state index < -0.39 is 22.5 Å². The minimum atomic E-state index is -3.70. The normalized spacial score (nSPS) is 10.9. The Morgan fingerprint density at radius 3 is 2.37 bits per heavy atom. The molecule has 27 heavy (non-hydrogen) atoms. The Morgan fingerprint density at radius 1 is 1.19 bits per heavy atom. The van der Waals surface area contributed by atoms with E-state index in [1.807, 2.05) is 19.9 Å². The number of ether oxygens (including phenoxy) is 1. The summed E-state index contributed by atoms with van der Waals surface area (Å²) in [6.45, 7) is 3.34. The van der Waals surface area contributed by atoms with E-state index in [4.69, 9.17) is 10.00 Å². The van der Waals surface area contributed by atoms with Crippen LogP contribution in [0.3, 0.4) is 0 Å². The third kappa shape index (κ3) is 5.72. The first-order valence-corrected chi connectivity index (χ1v) is 10.1. The summed E-state index contributed by atoms with van der Waals surface area (Å²) in [5, 5.41) is 11.6. The molecule has 8 heteroatoms. The second-order valence-corrected chi connectivity index (χ2v) is 8.05. The van der Waals surface area contributed by atoms with Gasteiger partial charge in [-0.15, -0.1) is 0 Å². The Morgan fingerprint density at radius 2 is 1.81 bits per heavy atom. The van der Waals surface area contributed by atoms with Gasteiger partial charge in [0.2, 0.25) is 15.9 Å². The second-order valence-electron chi connectivity index (χ2n) is 6.14. The van der Waals surface area contributed by atoms with Gasteiger partial charge in [0.15, 0.2) is 0 Å². The predicted octanol–water partition coefficient (Wildman–Crippen LogP) is 2.75. The van der Waals surface area contributed by atoms with Crippen LogP contribution in [0.5, 0.6) is 5.75 Å². The van der Waals surface area contributed by atoms with Crippen molar-refractivity contribution in [2.75, 3.05) is 22.4 Å². The van der Waals surface area contributed by atoms with Crippen molar-refractivity contribution in [2.24, 2.45) is 0 Å². The second kappa shape index (κ2) is 8.56. The average Bonchev–Trinajstić information content (AvgIpc) is 2.60. The minimum Gasteiger partial charge on any atom is -0.489 e. The highest BCUT2D eigenvalue weighted by molar-refractivity contribution is 7.92. The first-order valence-electron chi connectivity index (χ1n) is 8.24. The Kier molecular flexibility index (Phi) is 6.42. The molecule has 0 bridgehead atoms. The lowest BCUT2D eigenvalue weighted by Gasteiger charge is -2.22. The van der Waals surface area contributed by atoms with Crippen molar-refractivity contribution in [3.05, 3.63) is 54.1 Å². The molecular weight excluding hydrogens is 366 g/mol. The fraction of sp³-hybridized carbons (Fsp3) is 0.263. The Balaban J connectivity index is 2.21. The summed E-state index contributed by atoms with van der Waals surface area (Å²) in [6.07, 6.45) is 0.947. The molecule has 2 rings (SSSR count). The zero-order chi connectivity index (χ0) is 20.0. The van der Waals surface area contributed by atoms with Crippen LogP contribution in [0.25, 0.3) is 0 Å². The van der Waals surface area contributed by atoms with Crippen LogP contribution in [-0.4, -0.2) is 33.2 Å². The highest BCUT2D eigenvalue weighted by Gasteiger charge is 2.21. The Hall–Kier alpha value is -3.05. The van der Waals surface area contributed by atoms with E-state index in [9.17, 15) is 13.2 Å². The summed E-state index contributed by atoms with van der Waals surface area (Å²) in [7, 11) is -3.70. The maximum atomic E-state index is 12.5. The van der Waals surface area contributed by atoms with Crippen molar-refractivity contribution in [1.29, 1.82) is 5.26 Å². The van der Waals surface area contributed by atoms with E-state index in [2.05, 4.69) is 5.32 Å². The maximum absolute atomic E-state index is 12.5. The summed E-state index contributed by atoms with van der Waals surface area (Å²) < 4.78 is 30.9. The van der Waals surface area contributed by atoms with Crippen LogP contribution in [0.2, 0.25) is 0 Å². The van der Waals surface area contributed by atoms with Gasteiger partial charge in [0.25, 0.3) is 0 Å². The van der Waals surface area contributed by atoms with Crippen molar-refractivity contribution in [3.63, 3.8) is 0 Å². The molecule has 142 valence electrons. The number of benzene rings is 2. The van der Waals surface area contributed by atoms with Gasteiger partial charge in [-0.2, -0.15) is 5.26 Å². The topological polar surface area (TPSA) is 99.5 Å². The van der Waals surface area contributed by atoms with Crippen LogP contribution >= 0.6 is 0 Å². The zero-order valence-electron chi connectivity index (χ0n) is 15.3. The molecule has 0 heterocycles. The molecule has 0 saturated heterocycles. The molecule has 2 aromatic rings. The summed E-state index contributed by atoms with van der Waals surface area (Å²) >= 11 is 0. The fourth-order valence-corrected chi connectivity index (χ4v) is 3.21. The number of sulfonamides is 1. The molecule has 2 aromatic carbocycles. The molecule has 7 nitrogen and oxygen atoms in total. The third-order valence-electron chi connectivity index (χ3n) is 3.50. The van der Waals surface area contributed by atoms with E-state index in [0.717, 1.165) is 10.6 Å². The highest BCUT2D eigenvalue weighted by Crippen LogP contribution is 2.25. The monoisotopic (exact) mass is 387 g/mol. The number of nitrogens with zero attached hydrogens (tertiary/aromatic N) is 2. The summed E-state index contributed by atoms with van der Waals surface area (Å²) in [5.74, 6) is -0.00489. The SMILES string of the molecule is CC(C)Oc1ccccc1NC(=O)CN(c1ccc(C#N)cc1)S(C)(=O)=O. The molecule has 0 spiro atoms. The molecular formula is C19H21N3O4S. The van der Waals surface area contributed by atoms with Gasteiger partial charge >= 0.3 is 0 Å². The number of anilines is 2. The van der Waals surface area contributed by atoms with Crippen LogP contribution in [0.1, 0.15) is 19.4 Å². The first-order chi connectivity index (χ1) is 12.7. The minimum absolute atomic E-state index is 0.0748. The van der Waals surface area contributed by atoms with Crippen LogP contribution in [0.15, 0.2) is 48.5 Å². The molecule has 0 fully saturated rings. The number of hydrogen-bond acceptors (Lipinski definition) is 5. The lowest BCUT2D eigenvalue weighted by Crippen LogP contribution is -2.37. The number of rotatable bonds is 7. The molecule has 0 atom stereocenters. The maximum Gasteiger partial charge on any atom is 0.245 e. The molecule has 0 aliphatic heterocycles. The largest absolute Gasteiger partial charge is 0.489 e. The van der Waals surface area contributed by atoms with E-state index >= 15 is 0 Å². The van der Waals surface area contributed by atoms with Crippen molar-refractivity contribution < 1.29 is 17.9 Å². The number of hydrogen-bond donors (Lipinski definition) is 1. The quantitative estimate of drug-likeness (QED) is 0.787. The smallest absolute Gasteiger partial charge is 0.245 e. The Labute approximate surface area is 159 Å². The number of para-hydroxylation sites is 2. The number of amides is 1. The average molecular weight is 387 g/mol. The van der Waals surface area contributed by atoms with E-state index in [1.165, 1.54) is 24.3 Å². The number of nitrogens with one attached hydrogen (secondary N) is 1. The molecule has 0 radical (unpaired) electrons. The van der Waals surface area contributed by atoms with Crippen molar-refractivity contribution in [1.82, 2.24) is 0 Å². The first kappa shape index (κ1) is 20.3. The van der Waals surface area contributed by atoms with Gasteiger partial charge < -0.3 is 10.1 Å². The fourth-order valence-electron chi connectivity index (χ4n) is 2.35. The zero-order valence-corrected chi connectivity index (χ0v) is 16.2. The number of carbonyl (C=O) groups is 1. The standard InChI is InChI=1S/C19H21N3O4S/c1-14(2)26-18-7-5-4-6-17(18)21-19(23)13-22(27(3,24)25)16-10-8-15(12-20)9-11-16/h4-11,14H,13H2,1-3H3,(H,21,23). The lowest BCUT2D eigenvalue weighted by atomic mass is 10.2. The number of nitriles is 1. The van der Waals surface area contributed by atoms with Gasteiger partial charge in [-0.05, 0) is 50.2 Å². The molecule has 0 aliphatic carbocycles. The van der Waals surface area contributed by atoms with E-state index in [-0.39, 0.29) is 6.10 Å². The molecule has 0 unspecified atom stereocenters. The van der Waals surface area contributed by atoms with Gasteiger partial charge in [0.05, 0.1) is 35.4 Å². The summed E-state index contributed by atoms with van der Waals surface area (Å²) in [5.41, 5.74) is 1.17. The molecule has 0 saturated carbocycles. The molecule has 1 amide bonds. The van der Waals surface area contributed by atoms with Crippen molar-refractivity contribution in [2.45, 2.75) is 20.0 Å². The van der Waals surface area contributed by atoms with Crippen LogP contribution < -0.4 is 14.4 Å². The van der Waals surface area contributed by atoms with Crippen LogP contribution in [-0.2, 0) is 14.8 Å². The van der Waals surface area contributed by atoms with Gasteiger partial charge in [-0.25, -0.2) is 8.42 Å². The molecule has 1 N–H and O–H groups in total. The van der Waals surface area contributed by atoms with E-state index in [0.29, 0.717) is 22.7 Å². The third-order valence-corrected chi connectivity index (χ3v) is 4.64.